The highest BCUT2D eigenvalue weighted by Gasteiger charge is 2.25. The number of aromatic amines is 2. The van der Waals surface area contributed by atoms with Crippen LogP contribution >= 0.6 is 11.3 Å². The van der Waals surface area contributed by atoms with Gasteiger partial charge in [0.1, 0.15) is 11.0 Å². The largest absolute Gasteiger partial charge is 0.335 e. The fraction of sp³-hybridized carbons (Fsp3) is 0.154. The van der Waals surface area contributed by atoms with Crippen molar-refractivity contribution < 1.29 is 4.79 Å². The minimum atomic E-state index is 0.0573. The average molecular weight is 493 g/mol. The first kappa shape index (κ1) is 20.9. The van der Waals surface area contributed by atoms with Crippen LogP contribution in [-0.2, 0) is 4.79 Å². The highest BCUT2D eigenvalue weighted by Crippen LogP contribution is 2.32. The van der Waals surface area contributed by atoms with Gasteiger partial charge in [0.05, 0.1) is 34.8 Å². The monoisotopic (exact) mass is 492 g/mol. The van der Waals surface area contributed by atoms with Crippen LogP contribution in [0.3, 0.4) is 0 Å². The van der Waals surface area contributed by atoms with Crippen molar-refractivity contribution in [2.24, 2.45) is 5.92 Å². The van der Waals surface area contributed by atoms with Gasteiger partial charge in [0, 0.05) is 29.4 Å². The molecule has 1 saturated carbocycles. The number of pyridine rings is 3. The number of rotatable bonds is 5. The number of anilines is 1. The maximum Gasteiger partial charge on any atom is 0.227 e. The van der Waals surface area contributed by atoms with Gasteiger partial charge in [-0.1, -0.05) is 6.42 Å². The van der Waals surface area contributed by atoms with Gasteiger partial charge < -0.3 is 10.3 Å². The molecule has 36 heavy (non-hydrogen) atoms. The molecular formula is C26H20N8OS. The molecule has 0 radical (unpaired) electrons. The molecule has 0 aliphatic heterocycles. The molecular weight excluding hydrogens is 472 g/mol. The van der Waals surface area contributed by atoms with Crippen molar-refractivity contribution in [2.75, 3.05) is 5.32 Å². The zero-order valence-corrected chi connectivity index (χ0v) is 19.8. The Balaban J connectivity index is 1.26. The van der Waals surface area contributed by atoms with E-state index < -0.39 is 0 Å². The van der Waals surface area contributed by atoms with Crippen LogP contribution < -0.4 is 5.32 Å². The number of carbonyl (C=O) groups excluding carboxylic acids is 1. The lowest BCUT2D eigenvalue weighted by molar-refractivity contribution is -0.122. The van der Waals surface area contributed by atoms with Gasteiger partial charge in [0.25, 0.3) is 0 Å². The lowest BCUT2D eigenvalue weighted by atomic mass is 9.85. The Morgan fingerprint density at radius 1 is 0.972 bits per heavy atom. The quantitative estimate of drug-likeness (QED) is 0.295. The van der Waals surface area contributed by atoms with Crippen molar-refractivity contribution >= 4 is 45.0 Å². The highest BCUT2D eigenvalue weighted by molar-refractivity contribution is 7.08. The Bertz CT molecular complexity index is 1730. The van der Waals surface area contributed by atoms with E-state index in [1.165, 1.54) is 0 Å². The van der Waals surface area contributed by atoms with Gasteiger partial charge in [-0.2, -0.15) is 16.4 Å². The molecule has 0 atom stereocenters. The number of hydrogen-bond acceptors (Lipinski definition) is 7. The van der Waals surface area contributed by atoms with E-state index in [1.54, 1.807) is 29.9 Å². The molecule has 0 aromatic carbocycles. The maximum absolute atomic E-state index is 12.4. The zero-order chi connectivity index (χ0) is 24.1. The lowest BCUT2D eigenvalue weighted by Gasteiger charge is -2.24. The summed E-state index contributed by atoms with van der Waals surface area (Å²) in [5.74, 6) is 0.780. The number of carbonyl (C=O) groups is 1. The lowest BCUT2D eigenvalue weighted by Crippen LogP contribution is -2.28. The number of nitrogens with zero attached hydrogens (tertiary/aromatic N) is 5. The van der Waals surface area contributed by atoms with Crippen molar-refractivity contribution in [3.63, 3.8) is 0 Å². The topological polar surface area (TPSA) is 125 Å². The van der Waals surface area contributed by atoms with Crippen molar-refractivity contribution in [3.05, 3.63) is 59.8 Å². The Kier molecular flexibility index (Phi) is 4.84. The Morgan fingerprint density at radius 2 is 1.89 bits per heavy atom. The minimum absolute atomic E-state index is 0.0573. The van der Waals surface area contributed by atoms with Crippen molar-refractivity contribution in [1.29, 1.82) is 0 Å². The van der Waals surface area contributed by atoms with Crippen LogP contribution in [0.1, 0.15) is 19.3 Å². The summed E-state index contributed by atoms with van der Waals surface area (Å²) in [6, 6.07) is 7.81. The SMILES string of the molecule is O=C(Nc1cncc(-c2ccc3[nH]nc(-c4nc5c(-c6ccsc6)cncc5[nH]4)c3n2)c1)C1CCC1. The molecule has 9 nitrogen and oxygen atoms in total. The fourth-order valence-corrected chi connectivity index (χ4v) is 5.12. The molecule has 176 valence electrons. The van der Waals surface area contributed by atoms with Gasteiger partial charge in [0.15, 0.2) is 11.5 Å². The Labute approximate surface area is 209 Å². The smallest absolute Gasteiger partial charge is 0.227 e. The number of nitrogens with one attached hydrogen (secondary N) is 3. The van der Waals surface area contributed by atoms with Crippen LogP contribution in [0, 0.1) is 5.92 Å². The number of hydrogen-bond donors (Lipinski definition) is 3. The second kappa shape index (κ2) is 8.35. The first-order valence-corrected chi connectivity index (χ1v) is 12.7. The van der Waals surface area contributed by atoms with Crippen molar-refractivity contribution in [3.8, 4) is 33.9 Å². The minimum Gasteiger partial charge on any atom is -0.335 e. The first-order valence-electron chi connectivity index (χ1n) is 11.7. The fourth-order valence-electron chi connectivity index (χ4n) is 4.46. The number of thiophene rings is 1. The molecule has 6 aromatic rings. The molecule has 0 saturated heterocycles. The van der Waals surface area contributed by atoms with Gasteiger partial charge in [-0.05, 0) is 53.4 Å². The van der Waals surface area contributed by atoms with Gasteiger partial charge >= 0.3 is 0 Å². The van der Waals surface area contributed by atoms with Gasteiger partial charge in [-0.15, -0.1) is 0 Å². The molecule has 1 aliphatic rings. The summed E-state index contributed by atoms with van der Waals surface area (Å²) in [6.07, 6.45) is 10.0. The molecule has 6 heterocycles. The molecule has 1 amide bonds. The third-order valence-electron chi connectivity index (χ3n) is 6.64. The van der Waals surface area contributed by atoms with E-state index in [4.69, 9.17) is 9.97 Å². The number of fused-ring (bicyclic) bond motifs is 2. The van der Waals surface area contributed by atoms with Crippen LogP contribution in [0.15, 0.2) is 59.8 Å². The molecule has 1 aliphatic carbocycles. The zero-order valence-electron chi connectivity index (χ0n) is 19.0. The van der Waals surface area contributed by atoms with E-state index >= 15 is 0 Å². The second-order valence-corrected chi connectivity index (χ2v) is 9.70. The summed E-state index contributed by atoms with van der Waals surface area (Å²) in [5.41, 5.74) is 8.05. The summed E-state index contributed by atoms with van der Waals surface area (Å²) >= 11 is 1.64. The van der Waals surface area contributed by atoms with Crippen LogP contribution in [-0.4, -0.2) is 41.0 Å². The second-order valence-electron chi connectivity index (χ2n) is 8.92. The number of amides is 1. The van der Waals surface area contributed by atoms with Crippen LogP contribution in [0.5, 0.6) is 0 Å². The summed E-state index contributed by atoms with van der Waals surface area (Å²) < 4.78 is 0. The summed E-state index contributed by atoms with van der Waals surface area (Å²) in [4.78, 5) is 34.2. The number of H-pyrrole nitrogens is 2. The van der Waals surface area contributed by atoms with Gasteiger partial charge in [-0.3, -0.25) is 19.9 Å². The summed E-state index contributed by atoms with van der Waals surface area (Å²) in [6.45, 7) is 0. The van der Waals surface area contributed by atoms with E-state index in [0.29, 0.717) is 22.7 Å². The Morgan fingerprint density at radius 3 is 2.72 bits per heavy atom. The van der Waals surface area contributed by atoms with E-state index in [1.807, 2.05) is 29.8 Å². The molecule has 10 heteroatoms. The van der Waals surface area contributed by atoms with Crippen LogP contribution in [0.2, 0.25) is 0 Å². The molecule has 7 rings (SSSR count). The van der Waals surface area contributed by atoms with Crippen LogP contribution in [0.4, 0.5) is 5.69 Å². The van der Waals surface area contributed by atoms with E-state index in [2.05, 4.69) is 41.9 Å². The molecule has 0 spiro atoms. The molecule has 0 unspecified atom stereocenters. The van der Waals surface area contributed by atoms with E-state index in [0.717, 1.165) is 58.2 Å². The first-order chi connectivity index (χ1) is 17.7. The molecule has 0 bridgehead atoms. The number of imidazole rings is 1. The predicted octanol–water partition coefficient (Wildman–Crippen LogP) is 5.43. The van der Waals surface area contributed by atoms with Crippen molar-refractivity contribution in [1.82, 2.24) is 35.1 Å². The normalized spacial score (nSPS) is 13.8. The highest BCUT2D eigenvalue weighted by atomic mass is 32.1. The average Bonchev–Trinajstić information content (AvgIpc) is 3.61. The Hall–Kier alpha value is -4.44. The summed E-state index contributed by atoms with van der Waals surface area (Å²) in [7, 11) is 0. The molecule has 1 fully saturated rings. The standard InChI is InChI=1S/C26H20N8OS/c35-26(14-2-1-3-14)29-17-8-16(9-27-10-17)19-4-5-20-23(30-19)24(34-33-20)25-31-21-12-28-11-18(22(21)32-25)15-6-7-36-13-15/h4-14H,1-3H2,(H,29,35)(H,31,32)(H,33,34). The van der Waals surface area contributed by atoms with E-state index in [9.17, 15) is 4.79 Å². The predicted molar refractivity (Wildman–Crippen MR) is 139 cm³/mol. The molecule has 3 N–H and O–H groups in total. The van der Waals surface area contributed by atoms with Crippen molar-refractivity contribution in [2.45, 2.75) is 19.3 Å². The van der Waals surface area contributed by atoms with Gasteiger partial charge in [0.2, 0.25) is 5.91 Å². The third-order valence-corrected chi connectivity index (χ3v) is 7.32. The maximum atomic E-state index is 12.4. The molecule has 6 aromatic heterocycles. The van der Waals surface area contributed by atoms with Crippen LogP contribution in [0.25, 0.3) is 56.0 Å². The van der Waals surface area contributed by atoms with Gasteiger partial charge in [-0.25, -0.2) is 9.97 Å². The number of aromatic nitrogens is 7. The summed E-state index contributed by atoms with van der Waals surface area (Å²) in [5, 5.41) is 14.7. The third kappa shape index (κ3) is 3.54. The van der Waals surface area contributed by atoms with E-state index in [-0.39, 0.29) is 11.8 Å².